The third-order valence-corrected chi connectivity index (χ3v) is 2.28. The van der Waals surface area contributed by atoms with Crippen molar-refractivity contribution in [3.8, 4) is 6.07 Å². The van der Waals surface area contributed by atoms with Crippen molar-refractivity contribution >= 4 is 10.2 Å². The summed E-state index contributed by atoms with van der Waals surface area (Å²) in [6.07, 6.45) is 0. The van der Waals surface area contributed by atoms with Gasteiger partial charge in [0.15, 0.2) is 0 Å². The van der Waals surface area contributed by atoms with E-state index >= 15 is 0 Å². The lowest BCUT2D eigenvalue weighted by Gasteiger charge is -2.09. The predicted octanol–water partition coefficient (Wildman–Crippen LogP) is -1.09. The van der Waals surface area contributed by atoms with E-state index in [2.05, 4.69) is 0 Å². The van der Waals surface area contributed by atoms with Crippen molar-refractivity contribution in [3.05, 3.63) is 0 Å². The van der Waals surface area contributed by atoms with E-state index in [1.807, 2.05) is 4.72 Å². The fourth-order valence-corrected chi connectivity index (χ4v) is 0.758. The molecule has 0 unspecified atom stereocenters. The normalized spacial score (nSPS) is 11.4. The second-order valence-corrected chi connectivity index (χ2v) is 3.74. The highest BCUT2D eigenvalue weighted by Gasteiger charge is 2.10. The van der Waals surface area contributed by atoms with E-state index in [1.165, 1.54) is 14.1 Å². The van der Waals surface area contributed by atoms with Gasteiger partial charge in [-0.3, -0.25) is 0 Å². The molecule has 0 fully saturated rings. The molecule has 0 aromatic carbocycles. The summed E-state index contributed by atoms with van der Waals surface area (Å²) in [6, 6.07) is 1.66. The van der Waals surface area contributed by atoms with Crippen LogP contribution in [0.5, 0.6) is 0 Å². The van der Waals surface area contributed by atoms with Crippen LogP contribution in [0.4, 0.5) is 0 Å². The van der Waals surface area contributed by atoms with E-state index < -0.39 is 10.2 Å². The number of rotatable bonds is 3. The summed E-state index contributed by atoms with van der Waals surface area (Å²) in [4.78, 5) is 0. The zero-order chi connectivity index (χ0) is 8.20. The average molecular weight is 163 g/mol. The number of hydrogen-bond acceptors (Lipinski definition) is 3. The van der Waals surface area contributed by atoms with Crippen molar-refractivity contribution in [1.29, 1.82) is 5.26 Å². The van der Waals surface area contributed by atoms with Gasteiger partial charge >= 0.3 is 0 Å². The Kier molecular flexibility index (Phi) is 3.28. The third-order valence-electron chi connectivity index (χ3n) is 0.814. The van der Waals surface area contributed by atoms with Crippen LogP contribution < -0.4 is 4.72 Å². The predicted molar refractivity (Wildman–Crippen MR) is 36.2 cm³/mol. The topological polar surface area (TPSA) is 73.2 Å². The lowest BCUT2D eigenvalue weighted by atomic mass is 10.8. The quantitative estimate of drug-likeness (QED) is 0.537. The summed E-state index contributed by atoms with van der Waals surface area (Å²) < 4.78 is 24.6. The fourth-order valence-electron chi connectivity index (χ4n) is 0.253. The molecule has 0 atom stereocenters. The average Bonchev–Trinajstić information content (AvgIpc) is 1.84. The highest BCUT2D eigenvalue weighted by atomic mass is 32.2. The van der Waals surface area contributed by atoms with Crippen molar-refractivity contribution in [1.82, 2.24) is 9.03 Å². The summed E-state index contributed by atoms with van der Waals surface area (Å²) in [5.74, 6) is 0. The Balaban J connectivity index is 4.06. The lowest BCUT2D eigenvalue weighted by molar-refractivity contribution is 0.509. The summed E-state index contributed by atoms with van der Waals surface area (Å²) in [5.41, 5.74) is 0. The Morgan fingerprint density at radius 3 is 2.40 bits per heavy atom. The van der Waals surface area contributed by atoms with E-state index in [0.29, 0.717) is 0 Å². The zero-order valence-corrected chi connectivity index (χ0v) is 6.64. The van der Waals surface area contributed by atoms with Gasteiger partial charge in [-0.1, -0.05) is 0 Å². The number of nitrogens with one attached hydrogen (secondary N) is 1. The third kappa shape index (κ3) is 2.77. The molecule has 0 aliphatic rings. The minimum absolute atomic E-state index is 0.194. The largest absolute Gasteiger partial charge is 0.279 e. The van der Waals surface area contributed by atoms with Gasteiger partial charge in [-0.15, -0.1) is 0 Å². The van der Waals surface area contributed by atoms with Crippen LogP contribution in [0, 0.1) is 11.3 Å². The molecule has 0 saturated heterocycles. The van der Waals surface area contributed by atoms with Gasteiger partial charge in [0.2, 0.25) is 0 Å². The molecule has 0 spiro atoms. The Bertz CT molecular complexity index is 225. The molecule has 58 valence electrons. The summed E-state index contributed by atoms with van der Waals surface area (Å²) >= 11 is 0. The monoisotopic (exact) mass is 163 g/mol. The maximum atomic E-state index is 10.8. The SMILES string of the molecule is CN(C)S(=O)(=O)NCC#N. The van der Waals surface area contributed by atoms with E-state index in [9.17, 15) is 8.42 Å². The molecule has 5 nitrogen and oxygen atoms in total. The van der Waals surface area contributed by atoms with Crippen LogP contribution in [0.15, 0.2) is 0 Å². The minimum atomic E-state index is -3.40. The number of nitriles is 1. The molecule has 0 aliphatic carbocycles. The first-order chi connectivity index (χ1) is 4.50. The van der Waals surface area contributed by atoms with Gasteiger partial charge in [0, 0.05) is 14.1 Å². The summed E-state index contributed by atoms with van der Waals surface area (Å²) in [6.45, 7) is -0.194. The van der Waals surface area contributed by atoms with Crippen molar-refractivity contribution in [2.45, 2.75) is 0 Å². The molecule has 1 N–H and O–H groups in total. The Labute approximate surface area is 60.4 Å². The molecular weight excluding hydrogens is 154 g/mol. The molecule has 0 saturated carbocycles. The van der Waals surface area contributed by atoms with E-state index in [4.69, 9.17) is 5.26 Å². The molecule has 0 aliphatic heterocycles. The van der Waals surface area contributed by atoms with Crippen molar-refractivity contribution in [3.63, 3.8) is 0 Å². The van der Waals surface area contributed by atoms with E-state index in [1.54, 1.807) is 6.07 Å². The van der Waals surface area contributed by atoms with Gasteiger partial charge in [-0.2, -0.15) is 22.7 Å². The lowest BCUT2D eigenvalue weighted by Crippen LogP contribution is -2.35. The van der Waals surface area contributed by atoms with Crippen molar-refractivity contribution < 1.29 is 8.42 Å². The van der Waals surface area contributed by atoms with Crippen LogP contribution in [-0.2, 0) is 10.2 Å². The first-order valence-electron chi connectivity index (χ1n) is 2.55. The van der Waals surface area contributed by atoms with Gasteiger partial charge in [0.1, 0.15) is 0 Å². The van der Waals surface area contributed by atoms with Crippen LogP contribution in [0.25, 0.3) is 0 Å². The van der Waals surface area contributed by atoms with Crippen LogP contribution in [-0.4, -0.2) is 33.4 Å². The van der Waals surface area contributed by atoms with E-state index in [0.717, 1.165) is 4.31 Å². The van der Waals surface area contributed by atoms with Gasteiger partial charge in [0.05, 0.1) is 12.6 Å². The molecule has 0 amide bonds. The highest BCUT2D eigenvalue weighted by Crippen LogP contribution is 1.85. The van der Waals surface area contributed by atoms with Crippen molar-refractivity contribution in [2.24, 2.45) is 0 Å². The minimum Gasteiger partial charge on any atom is -0.197 e. The standard InChI is InChI=1S/C4H9N3O2S/c1-7(2)10(8,9)6-4-3-5/h6H,4H2,1-2H3. The van der Waals surface area contributed by atoms with Crippen LogP contribution in [0.2, 0.25) is 0 Å². The first kappa shape index (κ1) is 9.36. The Hall–Kier alpha value is -0.640. The smallest absolute Gasteiger partial charge is 0.197 e. The maximum Gasteiger partial charge on any atom is 0.279 e. The molecular formula is C4H9N3O2S. The molecule has 6 heteroatoms. The molecule has 0 aromatic heterocycles. The molecule has 0 radical (unpaired) electrons. The van der Waals surface area contributed by atoms with Crippen LogP contribution >= 0.6 is 0 Å². The number of hydrogen-bond donors (Lipinski definition) is 1. The molecule has 0 rings (SSSR count). The first-order valence-corrected chi connectivity index (χ1v) is 3.99. The molecule has 0 bridgehead atoms. The summed E-state index contributed by atoms with van der Waals surface area (Å²) in [5, 5.41) is 8.02. The zero-order valence-electron chi connectivity index (χ0n) is 5.83. The maximum absolute atomic E-state index is 10.8. The molecule has 0 aromatic rings. The molecule has 10 heavy (non-hydrogen) atoms. The van der Waals surface area contributed by atoms with Crippen LogP contribution in [0.3, 0.4) is 0 Å². The highest BCUT2D eigenvalue weighted by molar-refractivity contribution is 7.87. The van der Waals surface area contributed by atoms with Crippen LogP contribution in [0.1, 0.15) is 0 Å². The van der Waals surface area contributed by atoms with Crippen molar-refractivity contribution in [2.75, 3.05) is 20.6 Å². The molecule has 0 heterocycles. The second-order valence-electron chi connectivity index (χ2n) is 1.77. The van der Waals surface area contributed by atoms with Gasteiger partial charge in [-0.05, 0) is 0 Å². The second kappa shape index (κ2) is 3.51. The van der Waals surface area contributed by atoms with Gasteiger partial charge < -0.3 is 0 Å². The van der Waals surface area contributed by atoms with E-state index in [-0.39, 0.29) is 6.54 Å². The van der Waals surface area contributed by atoms with Gasteiger partial charge in [-0.25, -0.2) is 0 Å². The summed E-state index contributed by atoms with van der Waals surface area (Å²) in [7, 11) is -0.622. The fraction of sp³-hybridized carbons (Fsp3) is 0.750. The number of nitrogens with zero attached hydrogens (tertiary/aromatic N) is 2. The van der Waals surface area contributed by atoms with Gasteiger partial charge in [0.25, 0.3) is 10.2 Å². The Morgan fingerprint density at radius 1 is 1.60 bits per heavy atom. The Morgan fingerprint density at radius 2 is 2.10 bits per heavy atom.